The van der Waals surface area contributed by atoms with Crippen molar-refractivity contribution in [2.75, 3.05) is 19.6 Å². The number of guanidine groups is 2. The Labute approximate surface area is 292 Å². The Morgan fingerprint density at radius 1 is 0.804 bits per heavy atom. The zero-order valence-corrected chi connectivity index (χ0v) is 27.9. The molecular weight excluding hydrogens is 664 g/mol. The lowest BCUT2D eigenvalue weighted by Gasteiger charge is -2.24. The summed E-state index contributed by atoms with van der Waals surface area (Å²) in [5.74, 6) is -4.33. The lowest BCUT2D eigenvalue weighted by atomic mass is 10.0. The number of carbonyl (C=O) groups excluding carboxylic acids is 4. The molecule has 0 aliphatic carbocycles. The molecule has 4 amide bonds. The molecule has 3 rings (SSSR count). The molecule has 0 radical (unpaired) electrons. The lowest BCUT2D eigenvalue weighted by Crippen LogP contribution is -2.57. The molecule has 2 heterocycles. The first-order valence-electron chi connectivity index (χ1n) is 16.1. The van der Waals surface area contributed by atoms with Crippen LogP contribution in [0.1, 0.15) is 36.9 Å². The van der Waals surface area contributed by atoms with Crippen LogP contribution in [0.25, 0.3) is 10.9 Å². The quantitative estimate of drug-likeness (QED) is 0.0295. The first kappa shape index (κ1) is 39.3. The number of hydrogen-bond donors (Lipinski definition) is 12. The van der Waals surface area contributed by atoms with E-state index >= 15 is 0 Å². The lowest BCUT2D eigenvalue weighted by molar-refractivity contribution is -0.142. The van der Waals surface area contributed by atoms with E-state index in [-0.39, 0.29) is 57.1 Å². The number of carboxylic acid groups (broad SMARTS) is 1. The summed E-state index contributed by atoms with van der Waals surface area (Å²) in [7, 11) is 0. The number of benzene rings is 1. The van der Waals surface area contributed by atoms with Gasteiger partial charge in [0.2, 0.25) is 23.6 Å². The number of aromatic nitrogens is 3. The molecule has 0 bridgehead atoms. The van der Waals surface area contributed by atoms with E-state index in [9.17, 15) is 29.1 Å². The van der Waals surface area contributed by atoms with E-state index < -0.39 is 60.3 Å². The number of nitrogens with zero attached hydrogens (tertiary/aromatic N) is 3. The van der Waals surface area contributed by atoms with Gasteiger partial charge < -0.3 is 65.0 Å². The molecular formula is C31H46N14O6. The highest BCUT2D eigenvalue weighted by Crippen LogP contribution is 2.19. The molecule has 51 heavy (non-hydrogen) atoms. The number of hydrogen-bond acceptors (Lipinski definition) is 9. The van der Waals surface area contributed by atoms with Gasteiger partial charge in [-0.3, -0.25) is 29.2 Å². The van der Waals surface area contributed by atoms with E-state index in [1.54, 1.807) is 6.20 Å². The molecule has 276 valence electrons. The summed E-state index contributed by atoms with van der Waals surface area (Å²) in [6, 6.07) is 2.61. The van der Waals surface area contributed by atoms with Crippen LogP contribution >= 0.6 is 0 Å². The molecule has 0 unspecified atom stereocenters. The maximum Gasteiger partial charge on any atom is 0.326 e. The highest BCUT2D eigenvalue weighted by molar-refractivity contribution is 5.95. The van der Waals surface area contributed by atoms with Crippen LogP contribution in [-0.2, 0) is 36.8 Å². The van der Waals surface area contributed by atoms with Crippen molar-refractivity contribution in [1.29, 1.82) is 0 Å². The van der Waals surface area contributed by atoms with Crippen molar-refractivity contribution < 1.29 is 29.1 Å². The Hall–Kier alpha value is -6.18. The summed E-state index contributed by atoms with van der Waals surface area (Å²) in [6.07, 6.45) is 5.42. The van der Waals surface area contributed by atoms with Gasteiger partial charge in [0.1, 0.15) is 18.1 Å². The third-order valence-electron chi connectivity index (χ3n) is 7.65. The van der Waals surface area contributed by atoms with Crippen molar-refractivity contribution in [2.45, 2.75) is 62.7 Å². The number of para-hydroxylation sites is 1. The van der Waals surface area contributed by atoms with Gasteiger partial charge in [0.15, 0.2) is 11.9 Å². The minimum atomic E-state index is -1.31. The molecule has 2 aromatic heterocycles. The Bertz CT molecular complexity index is 1680. The second kappa shape index (κ2) is 19.7. The number of fused-ring (bicyclic) bond motifs is 1. The average Bonchev–Trinajstić information content (AvgIpc) is 3.76. The van der Waals surface area contributed by atoms with Crippen molar-refractivity contribution in [3.63, 3.8) is 0 Å². The van der Waals surface area contributed by atoms with Crippen LogP contribution in [-0.4, -0.2) is 105 Å². The second-order valence-electron chi connectivity index (χ2n) is 11.6. The zero-order chi connectivity index (χ0) is 37.3. The Balaban J connectivity index is 1.76. The number of amides is 4. The number of aliphatic imine (C=N–C) groups is 2. The minimum Gasteiger partial charge on any atom is -0.480 e. The van der Waals surface area contributed by atoms with Crippen molar-refractivity contribution in [1.82, 2.24) is 36.2 Å². The van der Waals surface area contributed by atoms with E-state index in [4.69, 9.17) is 28.7 Å². The van der Waals surface area contributed by atoms with Crippen LogP contribution in [0.4, 0.5) is 0 Å². The van der Waals surface area contributed by atoms with Crippen LogP contribution < -0.4 is 49.9 Å². The first-order valence-corrected chi connectivity index (χ1v) is 16.1. The van der Waals surface area contributed by atoms with Gasteiger partial charge in [-0.2, -0.15) is 0 Å². The number of imidazole rings is 1. The summed E-state index contributed by atoms with van der Waals surface area (Å²) in [4.78, 5) is 82.6. The summed E-state index contributed by atoms with van der Waals surface area (Å²) < 4.78 is 0. The van der Waals surface area contributed by atoms with Crippen molar-refractivity contribution in [2.24, 2.45) is 38.7 Å². The van der Waals surface area contributed by atoms with Gasteiger partial charge in [-0.15, -0.1) is 0 Å². The molecule has 20 nitrogen and oxygen atoms in total. The fraction of sp³-hybridized carbons (Fsp3) is 0.419. The topological polar surface area (TPSA) is 353 Å². The third-order valence-corrected chi connectivity index (χ3v) is 7.65. The molecule has 3 aromatic rings. The molecule has 4 atom stereocenters. The number of aromatic amines is 2. The fourth-order valence-electron chi connectivity index (χ4n) is 5.06. The van der Waals surface area contributed by atoms with Crippen molar-refractivity contribution in [3.8, 4) is 0 Å². The second-order valence-corrected chi connectivity index (χ2v) is 11.6. The molecule has 17 N–H and O–H groups in total. The number of nitrogens with one attached hydrogen (secondary N) is 6. The number of carboxylic acids is 1. The van der Waals surface area contributed by atoms with Crippen LogP contribution in [0.5, 0.6) is 0 Å². The summed E-state index contributed by atoms with van der Waals surface area (Å²) in [5, 5.41) is 20.8. The minimum absolute atomic E-state index is 0.000772. The third kappa shape index (κ3) is 13.3. The summed E-state index contributed by atoms with van der Waals surface area (Å²) in [5.41, 5.74) is 29.1. The SMILES string of the molecule is NC(N)=NCCC[C@H](NC(=O)[C@H](Cc1cnc[nH]1)NC(=O)[C@H](Cc1c[nH]c2ccccc12)NC(=O)CNC(=O)[C@@H](N)CCCN=C(N)N)C(=O)O. The van der Waals surface area contributed by atoms with Crippen molar-refractivity contribution >= 4 is 52.4 Å². The molecule has 20 heteroatoms. The highest BCUT2D eigenvalue weighted by Gasteiger charge is 2.31. The van der Waals surface area contributed by atoms with E-state index in [0.717, 1.165) is 10.9 Å². The largest absolute Gasteiger partial charge is 0.480 e. The smallest absolute Gasteiger partial charge is 0.326 e. The van der Waals surface area contributed by atoms with Crippen LogP contribution in [0.2, 0.25) is 0 Å². The van der Waals surface area contributed by atoms with Gasteiger partial charge in [-0.25, -0.2) is 9.78 Å². The molecule has 0 saturated carbocycles. The van der Waals surface area contributed by atoms with Gasteiger partial charge in [0, 0.05) is 54.9 Å². The van der Waals surface area contributed by atoms with E-state index in [1.807, 2.05) is 24.3 Å². The maximum atomic E-state index is 13.9. The van der Waals surface area contributed by atoms with Crippen LogP contribution in [0.15, 0.2) is 53.0 Å². The number of rotatable bonds is 21. The van der Waals surface area contributed by atoms with Crippen LogP contribution in [0.3, 0.4) is 0 Å². The number of carbonyl (C=O) groups is 5. The molecule has 0 aliphatic heterocycles. The van der Waals surface area contributed by atoms with Gasteiger partial charge in [0.05, 0.1) is 18.9 Å². The predicted octanol–water partition coefficient (Wildman–Crippen LogP) is -3.23. The number of nitrogens with two attached hydrogens (primary N) is 5. The number of aliphatic carboxylic acids is 1. The van der Waals surface area contributed by atoms with E-state index in [0.29, 0.717) is 17.7 Å². The van der Waals surface area contributed by atoms with Crippen LogP contribution in [0, 0.1) is 0 Å². The number of H-pyrrole nitrogens is 2. The summed E-state index contributed by atoms with van der Waals surface area (Å²) in [6.45, 7) is -0.0577. The van der Waals surface area contributed by atoms with Gasteiger partial charge in [0.25, 0.3) is 0 Å². The van der Waals surface area contributed by atoms with E-state index in [1.165, 1.54) is 12.5 Å². The molecule has 1 aromatic carbocycles. The van der Waals surface area contributed by atoms with Gasteiger partial charge >= 0.3 is 5.97 Å². The molecule has 0 fully saturated rings. The average molecular weight is 711 g/mol. The fourth-order valence-corrected chi connectivity index (χ4v) is 5.06. The zero-order valence-electron chi connectivity index (χ0n) is 27.9. The highest BCUT2D eigenvalue weighted by atomic mass is 16.4. The first-order chi connectivity index (χ1) is 24.3. The molecule has 0 aliphatic rings. The normalized spacial score (nSPS) is 13.2. The molecule has 0 spiro atoms. The Kier molecular flexibility index (Phi) is 15.2. The monoisotopic (exact) mass is 710 g/mol. The Morgan fingerprint density at radius 2 is 1.43 bits per heavy atom. The van der Waals surface area contributed by atoms with Gasteiger partial charge in [-0.05, 0) is 37.3 Å². The standard InChI is InChI=1S/C31H46N14O6/c32-20(6-3-9-38-30(33)34)26(47)41-15-25(46)43-23(11-17-13-40-21-7-2-1-5-19(17)21)27(48)45-24(12-18-14-37-16-42-18)28(49)44-22(29(50)51)8-4-10-39-31(35)36/h1-2,5,7,13-14,16,20,22-24,40H,3-4,6,8-12,15,32H2,(H,37,42)(H,41,47)(H,43,46)(H,44,49)(H,45,48)(H,50,51)(H4,33,34,38)(H4,35,36,39)/t20-,22-,23-,24-/m0/s1. The maximum absolute atomic E-state index is 13.9. The van der Waals surface area contributed by atoms with Crippen molar-refractivity contribution in [3.05, 3.63) is 54.2 Å². The molecule has 0 saturated heterocycles. The summed E-state index contributed by atoms with van der Waals surface area (Å²) >= 11 is 0. The van der Waals surface area contributed by atoms with E-state index in [2.05, 4.69) is 46.2 Å². The Morgan fingerprint density at radius 3 is 2.06 bits per heavy atom. The predicted molar refractivity (Wildman–Crippen MR) is 189 cm³/mol. The van der Waals surface area contributed by atoms with Gasteiger partial charge in [-0.1, -0.05) is 18.2 Å².